The van der Waals surface area contributed by atoms with Gasteiger partial charge in [-0.1, -0.05) is 5.16 Å². The number of aryl methyl sites for hydroxylation is 2. The lowest BCUT2D eigenvalue weighted by molar-refractivity contribution is -0.386. The maximum absolute atomic E-state index is 12.7. The number of anilines is 1. The van der Waals surface area contributed by atoms with Gasteiger partial charge in [-0.3, -0.25) is 19.6 Å². The molecule has 0 aliphatic heterocycles. The number of rotatable bonds is 7. The molecule has 0 saturated heterocycles. The highest BCUT2D eigenvalue weighted by atomic mass is 16.6. The molecule has 10 heteroatoms. The Morgan fingerprint density at radius 3 is 2.55 bits per heavy atom. The molecule has 152 valence electrons. The van der Waals surface area contributed by atoms with E-state index in [1.807, 2.05) is 6.92 Å². The number of hydrogen-bond acceptors (Lipinski definition) is 7. The molecule has 2 aromatic heterocycles. The van der Waals surface area contributed by atoms with Crippen molar-refractivity contribution in [1.29, 1.82) is 0 Å². The van der Waals surface area contributed by atoms with Gasteiger partial charge < -0.3 is 14.6 Å². The van der Waals surface area contributed by atoms with Gasteiger partial charge in [0.05, 0.1) is 18.1 Å². The van der Waals surface area contributed by atoms with Crippen LogP contribution < -0.4 is 10.1 Å². The number of nitro groups is 1. The van der Waals surface area contributed by atoms with Gasteiger partial charge in [-0.15, -0.1) is 0 Å². The number of nitrogens with zero attached hydrogens (tertiary/aromatic N) is 4. The molecule has 3 aromatic rings. The fourth-order valence-electron chi connectivity index (χ4n) is 3.00. The van der Waals surface area contributed by atoms with Crippen LogP contribution >= 0.6 is 0 Å². The number of ether oxygens (including phenoxy) is 1. The summed E-state index contributed by atoms with van der Waals surface area (Å²) in [5.74, 6) is 0.698. The van der Waals surface area contributed by atoms with Crippen LogP contribution in [0.1, 0.15) is 40.1 Å². The lowest BCUT2D eigenvalue weighted by Crippen LogP contribution is -2.16. The molecule has 0 spiro atoms. The fourth-order valence-corrected chi connectivity index (χ4v) is 3.00. The molecule has 0 saturated carbocycles. The van der Waals surface area contributed by atoms with E-state index in [4.69, 9.17) is 9.26 Å². The molecule has 0 fully saturated rings. The standard InChI is InChI=1S/C19H21N5O5/c1-5-28-15-8-6-14(7-9-15)20-19(25)17-16(13(4)29-22-17)10-23-12(3)18(24(26)27)11(2)21-23/h6-9H,5,10H2,1-4H3,(H,20,25). The molecule has 29 heavy (non-hydrogen) atoms. The molecule has 0 atom stereocenters. The van der Waals surface area contributed by atoms with E-state index >= 15 is 0 Å². The number of aromatic nitrogens is 3. The third-order valence-electron chi connectivity index (χ3n) is 4.46. The zero-order valence-electron chi connectivity index (χ0n) is 16.6. The van der Waals surface area contributed by atoms with Gasteiger partial charge in [-0.05, 0) is 52.0 Å². The Hall–Kier alpha value is -3.69. The van der Waals surface area contributed by atoms with Crippen molar-refractivity contribution in [3.8, 4) is 5.75 Å². The minimum atomic E-state index is -0.464. The van der Waals surface area contributed by atoms with Gasteiger partial charge in [0.2, 0.25) is 0 Å². The predicted molar refractivity (Wildman–Crippen MR) is 104 cm³/mol. The van der Waals surface area contributed by atoms with Crippen LogP contribution in [0.25, 0.3) is 0 Å². The maximum Gasteiger partial charge on any atom is 0.312 e. The second kappa shape index (κ2) is 8.13. The number of carbonyl (C=O) groups excluding carboxylic acids is 1. The van der Waals surface area contributed by atoms with Crippen molar-refractivity contribution >= 4 is 17.3 Å². The largest absolute Gasteiger partial charge is 0.494 e. The Morgan fingerprint density at radius 1 is 1.28 bits per heavy atom. The number of hydrogen-bond donors (Lipinski definition) is 1. The molecule has 1 amide bonds. The minimum Gasteiger partial charge on any atom is -0.494 e. The van der Waals surface area contributed by atoms with Crippen LogP contribution in [0, 0.1) is 30.9 Å². The van der Waals surface area contributed by atoms with Gasteiger partial charge >= 0.3 is 5.69 Å². The maximum atomic E-state index is 12.7. The quantitative estimate of drug-likeness (QED) is 0.477. The zero-order chi connectivity index (χ0) is 21.1. The Labute approximate surface area is 166 Å². The highest BCUT2D eigenvalue weighted by Crippen LogP contribution is 2.24. The van der Waals surface area contributed by atoms with Crippen molar-refractivity contribution in [2.24, 2.45) is 0 Å². The third-order valence-corrected chi connectivity index (χ3v) is 4.46. The topological polar surface area (TPSA) is 125 Å². The summed E-state index contributed by atoms with van der Waals surface area (Å²) >= 11 is 0. The second-order valence-corrected chi connectivity index (χ2v) is 6.41. The molecule has 3 rings (SSSR count). The first-order valence-electron chi connectivity index (χ1n) is 8.99. The van der Waals surface area contributed by atoms with Gasteiger partial charge in [0, 0.05) is 11.3 Å². The molecule has 0 bridgehead atoms. The average molecular weight is 399 g/mol. The number of benzene rings is 1. The van der Waals surface area contributed by atoms with E-state index in [0.29, 0.717) is 40.8 Å². The minimum absolute atomic E-state index is 0.0421. The lowest BCUT2D eigenvalue weighted by atomic mass is 10.1. The molecule has 0 radical (unpaired) electrons. The summed E-state index contributed by atoms with van der Waals surface area (Å²) in [6, 6.07) is 6.95. The van der Waals surface area contributed by atoms with E-state index < -0.39 is 10.8 Å². The number of carbonyl (C=O) groups is 1. The smallest absolute Gasteiger partial charge is 0.312 e. The van der Waals surface area contributed by atoms with Crippen molar-refractivity contribution in [2.45, 2.75) is 34.2 Å². The van der Waals surface area contributed by atoms with E-state index in [0.717, 1.165) is 0 Å². The van der Waals surface area contributed by atoms with Gasteiger partial charge in [0.1, 0.15) is 22.9 Å². The van der Waals surface area contributed by atoms with E-state index in [1.54, 1.807) is 45.0 Å². The first-order chi connectivity index (χ1) is 13.8. The Balaban J connectivity index is 1.83. The van der Waals surface area contributed by atoms with Gasteiger partial charge in [0.15, 0.2) is 5.69 Å². The summed E-state index contributed by atoms with van der Waals surface area (Å²) in [5, 5.41) is 22.1. The predicted octanol–water partition coefficient (Wildman–Crippen LogP) is 3.40. The summed E-state index contributed by atoms with van der Waals surface area (Å²) in [4.78, 5) is 23.5. The van der Waals surface area contributed by atoms with Crippen LogP contribution in [0.4, 0.5) is 11.4 Å². The fraction of sp³-hybridized carbons (Fsp3) is 0.316. The van der Waals surface area contributed by atoms with Crippen LogP contribution in [0.2, 0.25) is 0 Å². The van der Waals surface area contributed by atoms with Crippen molar-refractivity contribution in [1.82, 2.24) is 14.9 Å². The highest BCUT2D eigenvalue weighted by molar-refractivity contribution is 6.03. The summed E-state index contributed by atoms with van der Waals surface area (Å²) in [6.07, 6.45) is 0. The van der Waals surface area contributed by atoms with Crippen LogP contribution in [-0.4, -0.2) is 32.4 Å². The molecule has 10 nitrogen and oxygen atoms in total. The molecular weight excluding hydrogens is 378 g/mol. The van der Waals surface area contributed by atoms with Crippen molar-refractivity contribution in [2.75, 3.05) is 11.9 Å². The second-order valence-electron chi connectivity index (χ2n) is 6.41. The molecule has 0 aliphatic rings. The lowest BCUT2D eigenvalue weighted by Gasteiger charge is -2.07. The van der Waals surface area contributed by atoms with Crippen molar-refractivity contribution in [3.05, 3.63) is 62.8 Å². The average Bonchev–Trinajstić information content (AvgIpc) is 3.16. The number of amides is 1. The molecule has 1 N–H and O–H groups in total. The van der Waals surface area contributed by atoms with E-state index in [9.17, 15) is 14.9 Å². The van der Waals surface area contributed by atoms with E-state index in [-0.39, 0.29) is 17.9 Å². The molecule has 0 unspecified atom stereocenters. The zero-order valence-corrected chi connectivity index (χ0v) is 16.6. The van der Waals surface area contributed by atoms with Crippen LogP contribution in [0.15, 0.2) is 28.8 Å². The summed E-state index contributed by atoms with van der Waals surface area (Å²) < 4.78 is 12.1. The van der Waals surface area contributed by atoms with Gasteiger partial charge in [-0.2, -0.15) is 5.10 Å². The Bertz CT molecular complexity index is 1050. The highest BCUT2D eigenvalue weighted by Gasteiger charge is 2.25. The van der Waals surface area contributed by atoms with Crippen LogP contribution in [0.3, 0.4) is 0 Å². The van der Waals surface area contributed by atoms with Gasteiger partial charge in [0.25, 0.3) is 5.91 Å². The normalized spacial score (nSPS) is 10.8. The molecule has 2 heterocycles. The molecule has 1 aromatic carbocycles. The Kier molecular flexibility index (Phi) is 5.62. The Morgan fingerprint density at radius 2 is 1.97 bits per heavy atom. The van der Waals surface area contributed by atoms with Crippen molar-refractivity contribution < 1.29 is 19.0 Å². The first kappa shape index (κ1) is 20.1. The molecular formula is C19H21N5O5. The first-order valence-corrected chi connectivity index (χ1v) is 8.99. The van der Waals surface area contributed by atoms with E-state index in [1.165, 1.54) is 4.68 Å². The monoisotopic (exact) mass is 399 g/mol. The SMILES string of the molecule is CCOc1ccc(NC(=O)c2noc(C)c2Cn2nc(C)c([N+](=O)[O-])c2C)cc1. The summed E-state index contributed by atoms with van der Waals surface area (Å²) in [6.45, 7) is 7.43. The van der Waals surface area contributed by atoms with Gasteiger partial charge in [-0.25, -0.2) is 0 Å². The summed E-state index contributed by atoms with van der Waals surface area (Å²) in [5.41, 5.74) is 1.85. The summed E-state index contributed by atoms with van der Waals surface area (Å²) in [7, 11) is 0. The van der Waals surface area contributed by atoms with Crippen LogP contribution in [-0.2, 0) is 6.54 Å². The molecule has 0 aliphatic carbocycles. The van der Waals surface area contributed by atoms with E-state index in [2.05, 4.69) is 15.6 Å². The van der Waals surface area contributed by atoms with Crippen LogP contribution in [0.5, 0.6) is 5.75 Å². The number of nitrogens with one attached hydrogen (secondary N) is 1. The third kappa shape index (κ3) is 4.10. The van der Waals surface area contributed by atoms with Crippen molar-refractivity contribution in [3.63, 3.8) is 0 Å².